The highest BCUT2D eigenvalue weighted by atomic mass is 15.1. The summed E-state index contributed by atoms with van der Waals surface area (Å²) < 4.78 is 0. The van der Waals surface area contributed by atoms with E-state index in [1.165, 1.54) is 77.2 Å². The van der Waals surface area contributed by atoms with E-state index < -0.39 is 0 Å². The molecule has 9 aromatic rings. The second kappa shape index (κ2) is 13.8. The van der Waals surface area contributed by atoms with Crippen LogP contribution < -0.4 is 4.90 Å². The lowest BCUT2D eigenvalue weighted by atomic mass is 9.83. The summed E-state index contributed by atoms with van der Waals surface area (Å²) in [6.07, 6.45) is 0. The van der Waals surface area contributed by atoms with Gasteiger partial charge in [0.1, 0.15) is 0 Å². The van der Waals surface area contributed by atoms with Crippen molar-refractivity contribution in [3.05, 3.63) is 211 Å². The first-order chi connectivity index (χ1) is 26.1. The van der Waals surface area contributed by atoms with Gasteiger partial charge in [-0.05, 0) is 134 Å². The van der Waals surface area contributed by atoms with E-state index in [1.807, 2.05) is 0 Å². The van der Waals surface area contributed by atoms with Crippen LogP contribution in [-0.2, 0) is 0 Å². The molecule has 0 aliphatic carbocycles. The van der Waals surface area contributed by atoms with E-state index in [1.54, 1.807) is 0 Å². The van der Waals surface area contributed by atoms with Crippen LogP contribution >= 0.6 is 0 Å². The van der Waals surface area contributed by atoms with E-state index in [0.29, 0.717) is 0 Å². The standard InChI is InChI=1S/C52H39N/c1-36-21-27-42(28-22-36)53(43-29-23-37(2)24-30-43)44-31-25-40(26-32-44)48-34-50(39-15-7-4-8-16-39)52(35-49(48)38-13-5-3-6-14-38)51-33-41-17-9-10-18-45(41)46-19-11-12-20-47(46)51/h3-35H,1-2H3. The first kappa shape index (κ1) is 32.2. The van der Waals surface area contributed by atoms with Crippen LogP contribution in [0.3, 0.4) is 0 Å². The van der Waals surface area contributed by atoms with E-state index in [0.717, 1.165) is 17.1 Å². The van der Waals surface area contributed by atoms with Gasteiger partial charge in [0.25, 0.3) is 0 Å². The van der Waals surface area contributed by atoms with Crippen LogP contribution in [0.5, 0.6) is 0 Å². The lowest BCUT2D eigenvalue weighted by Gasteiger charge is -2.26. The molecule has 0 N–H and O–H groups in total. The molecule has 0 bridgehead atoms. The van der Waals surface area contributed by atoms with Crippen molar-refractivity contribution in [1.29, 1.82) is 0 Å². The quantitative estimate of drug-likeness (QED) is 0.152. The molecule has 0 saturated carbocycles. The van der Waals surface area contributed by atoms with E-state index in [2.05, 4.69) is 219 Å². The predicted molar refractivity (Wildman–Crippen MR) is 227 cm³/mol. The van der Waals surface area contributed by atoms with Gasteiger partial charge in [0, 0.05) is 17.1 Å². The second-order valence-corrected chi connectivity index (χ2v) is 13.9. The highest BCUT2D eigenvalue weighted by molar-refractivity contribution is 6.15. The first-order valence-corrected chi connectivity index (χ1v) is 18.3. The lowest BCUT2D eigenvalue weighted by Crippen LogP contribution is -2.09. The van der Waals surface area contributed by atoms with Crippen LogP contribution in [-0.4, -0.2) is 0 Å². The number of benzene rings is 9. The number of hydrogen-bond acceptors (Lipinski definition) is 1. The SMILES string of the molecule is Cc1ccc(N(c2ccc(C)cc2)c2ccc(-c3cc(-c4ccccc4)c(-c4cc5ccccc5c5ccccc45)cc3-c3ccccc3)cc2)cc1. The van der Waals surface area contributed by atoms with Gasteiger partial charge in [-0.3, -0.25) is 0 Å². The van der Waals surface area contributed by atoms with Crippen molar-refractivity contribution in [3.8, 4) is 44.5 Å². The number of rotatable bonds is 7. The van der Waals surface area contributed by atoms with Gasteiger partial charge in [0.15, 0.2) is 0 Å². The highest BCUT2D eigenvalue weighted by Gasteiger charge is 2.19. The van der Waals surface area contributed by atoms with Crippen molar-refractivity contribution in [3.63, 3.8) is 0 Å². The molecule has 0 spiro atoms. The second-order valence-electron chi connectivity index (χ2n) is 13.9. The summed E-state index contributed by atoms with van der Waals surface area (Å²) in [7, 11) is 0. The molecule has 0 radical (unpaired) electrons. The van der Waals surface area contributed by atoms with Crippen LogP contribution in [0.15, 0.2) is 200 Å². The molecule has 0 heterocycles. The Hall–Kier alpha value is -6.70. The number of aryl methyl sites for hydroxylation is 2. The number of nitrogens with zero attached hydrogens (tertiary/aromatic N) is 1. The van der Waals surface area contributed by atoms with Crippen LogP contribution in [0.2, 0.25) is 0 Å². The summed E-state index contributed by atoms with van der Waals surface area (Å²) in [6, 6.07) is 73.2. The first-order valence-electron chi connectivity index (χ1n) is 18.3. The number of anilines is 3. The summed E-state index contributed by atoms with van der Waals surface area (Å²) in [4.78, 5) is 2.34. The molecule has 0 atom stereocenters. The molecular formula is C52H39N. The summed E-state index contributed by atoms with van der Waals surface area (Å²) in [6.45, 7) is 4.27. The molecule has 1 nitrogen and oxygen atoms in total. The highest BCUT2D eigenvalue weighted by Crippen LogP contribution is 2.46. The number of fused-ring (bicyclic) bond motifs is 3. The van der Waals surface area contributed by atoms with Crippen LogP contribution in [0, 0.1) is 13.8 Å². The van der Waals surface area contributed by atoms with Gasteiger partial charge >= 0.3 is 0 Å². The Kier molecular flexibility index (Phi) is 8.38. The van der Waals surface area contributed by atoms with Crippen LogP contribution in [0.1, 0.15) is 11.1 Å². The van der Waals surface area contributed by atoms with Gasteiger partial charge in [-0.2, -0.15) is 0 Å². The largest absolute Gasteiger partial charge is 0.311 e. The maximum absolute atomic E-state index is 2.43. The topological polar surface area (TPSA) is 3.24 Å². The third kappa shape index (κ3) is 6.17. The molecule has 0 aromatic heterocycles. The molecular weight excluding hydrogens is 639 g/mol. The summed E-state index contributed by atoms with van der Waals surface area (Å²) in [5, 5.41) is 5.05. The Morgan fingerprint density at radius 3 is 1.23 bits per heavy atom. The Labute approximate surface area is 312 Å². The minimum Gasteiger partial charge on any atom is -0.311 e. The zero-order valence-corrected chi connectivity index (χ0v) is 30.0. The fourth-order valence-electron chi connectivity index (χ4n) is 7.68. The van der Waals surface area contributed by atoms with E-state index in [-0.39, 0.29) is 0 Å². The summed E-state index contributed by atoms with van der Waals surface area (Å²) >= 11 is 0. The molecule has 53 heavy (non-hydrogen) atoms. The van der Waals surface area contributed by atoms with Crippen molar-refractivity contribution in [1.82, 2.24) is 0 Å². The Balaban J connectivity index is 1.27. The van der Waals surface area contributed by atoms with E-state index in [9.17, 15) is 0 Å². The van der Waals surface area contributed by atoms with Crippen molar-refractivity contribution in [2.75, 3.05) is 4.90 Å². The Morgan fingerprint density at radius 2 is 0.679 bits per heavy atom. The molecule has 0 amide bonds. The smallest absolute Gasteiger partial charge is 0.0462 e. The molecule has 0 aliphatic heterocycles. The third-order valence-corrected chi connectivity index (χ3v) is 10.4. The fraction of sp³-hybridized carbons (Fsp3) is 0.0385. The average molecular weight is 678 g/mol. The average Bonchev–Trinajstić information content (AvgIpc) is 3.22. The van der Waals surface area contributed by atoms with Gasteiger partial charge in [0.05, 0.1) is 0 Å². The van der Waals surface area contributed by atoms with Crippen molar-refractivity contribution in [2.24, 2.45) is 0 Å². The zero-order chi connectivity index (χ0) is 35.7. The van der Waals surface area contributed by atoms with Crippen LogP contribution in [0.4, 0.5) is 17.1 Å². The van der Waals surface area contributed by atoms with Crippen molar-refractivity contribution in [2.45, 2.75) is 13.8 Å². The van der Waals surface area contributed by atoms with Crippen molar-refractivity contribution >= 4 is 38.6 Å². The minimum atomic E-state index is 1.12. The normalized spacial score (nSPS) is 11.2. The molecule has 0 fully saturated rings. The van der Waals surface area contributed by atoms with E-state index >= 15 is 0 Å². The van der Waals surface area contributed by atoms with Gasteiger partial charge in [-0.25, -0.2) is 0 Å². The molecule has 252 valence electrons. The maximum atomic E-state index is 2.43. The van der Waals surface area contributed by atoms with Gasteiger partial charge in [-0.15, -0.1) is 0 Å². The zero-order valence-electron chi connectivity index (χ0n) is 30.0. The Morgan fingerprint density at radius 1 is 0.283 bits per heavy atom. The Bertz CT molecular complexity index is 2650. The molecule has 9 rings (SSSR count). The van der Waals surface area contributed by atoms with Gasteiger partial charge in [0.2, 0.25) is 0 Å². The number of hydrogen-bond donors (Lipinski definition) is 0. The lowest BCUT2D eigenvalue weighted by molar-refractivity contribution is 1.27. The van der Waals surface area contributed by atoms with E-state index in [4.69, 9.17) is 0 Å². The van der Waals surface area contributed by atoms with Gasteiger partial charge < -0.3 is 4.90 Å². The fourth-order valence-corrected chi connectivity index (χ4v) is 7.68. The molecule has 9 aromatic carbocycles. The third-order valence-electron chi connectivity index (χ3n) is 10.4. The predicted octanol–water partition coefficient (Wildman–Crippen LogP) is 14.7. The summed E-state index contributed by atoms with van der Waals surface area (Å²) in [5.41, 5.74) is 15.5. The molecule has 0 aliphatic rings. The van der Waals surface area contributed by atoms with Gasteiger partial charge in [-0.1, -0.05) is 157 Å². The molecule has 0 unspecified atom stereocenters. The molecule has 1 heteroatoms. The molecule has 0 saturated heterocycles. The maximum Gasteiger partial charge on any atom is 0.0462 e. The van der Waals surface area contributed by atoms with Crippen LogP contribution in [0.25, 0.3) is 66.1 Å². The minimum absolute atomic E-state index is 1.12. The van der Waals surface area contributed by atoms with Crippen molar-refractivity contribution < 1.29 is 0 Å². The monoisotopic (exact) mass is 677 g/mol. The summed E-state index contributed by atoms with van der Waals surface area (Å²) in [5.74, 6) is 0.